The predicted octanol–water partition coefficient (Wildman–Crippen LogP) is 1.95. The normalized spacial score (nSPS) is 26.6. The molecule has 1 aliphatic rings. The van der Waals surface area contributed by atoms with Crippen molar-refractivity contribution < 1.29 is 13.9 Å². The number of ether oxygens (including phenoxy) is 2. The molecule has 1 aliphatic heterocycles. The lowest BCUT2D eigenvalue weighted by atomic mass is 10.0. The van der Waals surface area contributed by atoms with Crippen molar-refractivity contribution in [2.24, 2.45) is 5.92 Å². The molecule has 0 spiro atoms. The first-order chi connectivity index (χ1) is 9.68. The minimum absolute atomic E-state index is 0.283. The molecule has 0 amide bonds. The first-order valence-corrected chi connectivity index (χ1v) is 6.54. The summed E-state index contributed by atoms with van der Waals surface area (Å²) in [6.45, 7) is 3.62. The summed E-state index contributed by atoms with van der Waals surface area (Å²) in [7, 11) is 0. The Labute approximate surface area is 116 Å². The Morgan fingerprint density at radius 3 is 2.60 bits per heavy atom. The fourth-order valence-corrected chi connectivity index (χ4v) is 2.22. The van der Waals surface area contributed by atoms with Crippen LogP contribution in [0.25, 0.3) is 0 Å². The van der Waals surface area contributed by atoms with Crippen LogP contribution in [0.3, 0.4) is 0 Å². The van der Waals surface area contributed by atoms with Gasteiger partial charge in [-0.15, -0.1) is 0 Å². The topological polar surface area (TPSA) is 49.2 Å². The standard InChI is InChI=1S/C14H16FN3O2/c1-11-6-19-14(20-7-11,8-18-10-16-9-17-18)12-2-4-13(15)5-3-12/h2-5,9-11H,6-8H2,1H3. The fraction of sp³-hybridized carbons (Fsp3) is 0.429. The van der Waals surface area contributed by atoms with Gasteiger partial charge in [-0.3, -0.25) is 0 Å². The van der Waals surface area contributed by atoms with Gasteiger partial charge in [0.2, 0.25) is 5.79 Å². The van der Waals surface area contributed by atoms with Gasteiger partial charge >= 0.3 is 0 Å². The maximum Gasteiger partial charge on any atom is 0.215 e. The summed E-state index contributed by atoms with van der Waals surface area (Å²) in [6, 6.07) is 6.18. The Kier molecular flexibility index (Phi) is 3.50. The van der Waals surface area contributed by atoms with Crippen LogP contribution >= 0.6 is 0 Å². The zero-order valence-corrected chi connectivity index (χ0v) is 11.2. The molecule has 0 N–H and O–H groups in total. The van der Waals surface area contributed by atoms with Gasteiger partial charge in [-0.25, -0.2) is 14.1 Å². The first kappa shape index (κ1) is 13.2. The molecule has 1 fully saturated rings. The lowest BCUT2D eigenvalue weighted by Gasteiger charge is -2.39. The summed E-state index contributed by atoms with van der Waals surface area (Å²) in [5, 5.41) is 4.09. The Bertz CT molecular complexity index is 548. The molecule has 5 nitrogen and oxygen atoms in total. The SMILES string of the molecule is CC1COC(Cn2cncn2)(c2ccc(F)cc2)OC1. The van der Waals surface area contributed by atoms with Gasteiger partial charge in [-0.2, -0.15) is 5.10 Å². The van der Waals surface area contributed by atoms with Gasteiger partial charge in [0.15, 0.2) is 0 Å². The summed E-state index contributed by atoms with van der Waals surface area (Å²) in [6.07, 6.45) is 3.07. The number of hydrogen-bond donors (Lipinski definition) is 0. The lowest BCUT2D eigenvalue weighted by Crippen LogP contribution is -2.44. The second-order valence-electron chi connectivity index (χ2n) is 5.08. The van der Waals surface area contributed by atoms with Crippen LogP contribution in [0.15, 0.2) is 36.9 Å². The van der Waals surface area contributed by atoms with E-state index in [1.807, 2.05) is 0 Å². The smallest absolute Gasteiger partial charge is 0.215 e. The molecule has 0 unspecified atom stereocenters. The molecule has 1 saturated heterocycles. The van der Waals surface area contributed by atoms with Gasteiger partial charge in [-0.1, -0.05) is 19.1 Å². The maximum absolute atomic E-state index is 13.1. The fourth-order valence-electron chi connectivity index (χ4n) is 2.22. The molecule has 0 aliphatic carbocycles. The molecule has 0 bridgehead atoms. The van der Waals surface area contributed by atoms with Crippen LogP contribution in [0.1, 0.15) is 12.5 Å². The third-order valence-electron chi connectivity index (χ3n) is 3.32. The number of rotatable bonds is 3. The Balaban J connectivity index is 1.92. The maximum atomic E-state index is 13.1. The highest BCUT2D eigenvalue weighted by molar-refractivity contribution is 5.21. The highest BCUT2D eigenvalue weighted by Gasteiger charge is 2.39. The molecular formula is C14H16FN3O2. The Morgan fingerprint density at radius 2 is 2.00 bits per heavy atom. The van der Waals surface area contributed by atoms with E-state index in [1.54, 1.807) is 23.1 Å². The van der Waals surface area contributed by atoms with E-state index < -0.39 is 5.79 Å². The van der Waals surface area contributed by atoms with Crippen molar-refractivity contribution in [1.29, 1.82) is 0 Å². The number of aromatic nitrogens is 3. The zero-order valence-electron chi connectivity index (χ0n) is 11.2. The highest BCUT2D eigenvalue weighted by Crippen LogP contribution is 2.33. The average Bonchev–Trinajstić information content (AvgIpc) is 2.95. The van der Waals surface area contributed by atoms with E-state index >= 15 is 0 Å². The van der Waals surface area contributed by atoms with Gasteiger partial charge in [0.1, 0.15) is 25.0 Å². The number of nitrogens with zero attached hydrogens (tertiary/aromatic N) is 3. The van der Waals surface area contributed by atoms with Crippen LogP contribution in [-0.2, 0) is 21.8 Å². The summed E-state index contributed by atoms with van der Waals surface area (Å²) in [5.74, 6) is -0.887. The van der Waals surface area contributed by atoms with Crippen LogP contribution in [0.4, 0.5) is 4.39 Å². The van der Waals surface area contributed by atoms with E-state index in [2.05, 4.69) is 17.0 Å². The molecule has 1 aromatic heterocycles. The molecule has 2 aromatic rings. The molecule has 0 radical (unpaired) electrons. The molecule has 106 valence electrons. The van der Waals surface area contributed by atoms with Crippen LogP contribution in [0, 0.1) is 11.7 Å². The van der Waals surface area contributed by atoms with E-state index in [0.29, 0.717) is 25.7 Å². The van der Waals surface area contributed by atoms with Crippen molar-refractivity contribution in [3.63, 3.8) is 0 Å². The van der Waals surface area contributed by atoms with Gasteiger partial charge in [0.25, 0.3) is 0 Å². The van der Waals surface area contributed by atoms with Crippen molar-refractivity contribution in [3.8, 4) is 0 Å². The summed E-state index contributed by atoms with van der Waals surface area (Å²) in [4.78, 5) is 3.92. The number of benzene rings is 1. The molecular weight excluding hydrogens is 261 g/mol. The molecule has 2 heterocycles. The van der Waals surface area contributed by atoms with E-state index in [0.717, 1.165) is 5.56 Å². The Morgan fingerprint density at radius 1 is 1.30 bits per heavy atom. The second kappa shape index (κ2) is 5.30. The van der Waals surface area contributed by atoms with E-state index in [-0.39, 0.29) is 5.82 Å². The molecule has 3 rings (SSSR count). The minimum Gasteiger partial charge on any atom is -0.344 e. The van der Waals surface area contributed by atoms with Crippen molar-refractivity contribution in [2.45, 2.75) is 19.3 Å². The highest BCUT2D eigenvalue weighted by atomic mass is 19.1. The third kappa shape index (κ3) is 2.57. The quantitative estimate of drug-likeness (QED) is 0.860. The van der Waals surface area contributed by atoms with Crippen molar-refractivity contribution in [1.82, 2.24) is 14.8 Å². The third-order valence-corrected chi connectivity index (χ3v) is 3.32. The largest absolute Gasteiger partial charge is 0.344 e. The van der Waals surface area contributed by atoms with Gasteiger partial charge in [0.05, 0.1) is 13.2 Å². The number of hydrogen-bond acceptors (Lipinski definition) is 4. The number of halogens is 1. The van der Waals surface area contributed by atoms with Crippen molar-refractivity contribution in [3.05, 3.63) is 48.3 Å². The Hall–Kier alpha value is -1.79. The molecule has 0 saturated carbocycles. The lowest BCUT2D eigenvalue weighted by molar-refractivity contribution is -0.298. The van der Waals surface area contributed by atoms with E-state index in [4.69, 9.17) is 9.47 Å². The minimum atomic E-state index is -0.937. The second-order valence-corrected chi connectivity index (χ2v) is 5.08. The molecule has 1 aromatic carbocycles. The van der Waals surface area contributed by atoms with Crippen molar-refractivity contribution in [2.75, 3.05) is 13.2 Å². The summed E-state index contributed by atoms with van der Waals surface area (Å²) >= 11 is 0. The molecule has 6 heteroatoms. The monoisotopic (exact) mass is 277 g/mol. The molecule has 20 heavy (non-hydrogen) atoms. The zero-order chi connectivity index (χ0) is 14.0. The van der Waals surface area contributed by atoms with Crippen molar-refractivity contribution >= 4 is 0 Å². The van der Waals surface area contributed by atoms with Gasteiger partial charge in [0, 0.05) is 11.5 Å². The summed E-state index contributed by atoms with van der Waals surface area (Å²) in [5.41, 5.74) is 0.779. The van der Waals surface area contributed by atoms with Crippen LogP contribution in [0.2, 0.25) is 0 Å². The van der Waals surface area contributed by atoms with Gasteiger partial charge in [-0.05, 0) is 12.1 Å². The van der Waals surface area contributed by atoms with Crippen LogP contribution in [0.5, 0.6) is 0 Å². The summed E-state index contributed by atoms with van der Waals surface area (Å²) < 4.78 is 26.6. The van der Waals surface area contributed by atoms with Crippen LogP contribution < -0.4 is 0 Å². The van der Waals surface area contributed by atoms with E-state index in [9.17, 15) is 4.39 Å². The first-order valence-electron chi connectivity index (χ1n) is 6.54. The molecule has 0 atom stereocenters. The average molecular weight is 277 g/mol. The predicted molar refractivity (Wildman–Crippen MR) is 69.2 cm³/mol. The van der Waals surface area contributed by atoms with Crippen LogP contribution in [-0.4, -0.2) is 28.0 Å². The van der Waals surface area contributed by atoms with E-state index in [1.165, 1.54) is 18.5 Å². The van der Waals surface area contributed by atoms with Gasteiger partial charge < -0.3 is 9.47 Å².